The molecule has 2 unspecified atom stereocenters. The maximum atomic E-state index is 5.98. The zero-order chi connectivity index (χ0) is 12.1. The molecule has 2 atom stereocenters. The third kappa shape index (κ3) is 4.17. The molecule has 4 heteroatoms. The summed E-state index contributed by atoms with van der Waals surface area (Å²) in [4.78, 5) is 0. The number of halogens is 2. The number of thioether (sulfide) groups is 1. The van der Waals surface area contributed by atoms with E-state index in [1.165, 1.54) is 5.56 Å². The summed E-state index contributed by atoms with van der Waals surface area (Å²) >= 11 is 13.7. The maximum absolute atomic E-state index is 5.98. The van der Waals surface area contributed by atoms with Crippen molar-refractivity contribution >= 4 is 35.0 Å². The van der Waals surface area contributed by atoms with E-state index >= 15 is 0 Å². The Bertz CT molecular complexity index is 344. The predicted octanol–water partition coefficient (Wildman–Crippen LogP) is 4.40. The van der Waals surface area contributed by atoms with Crippen molar-refractivity contribution in [3.8, 4) is 0 Å². The highest BCUT2D eigenvalue weighted by Gasteiger charge is 2.08. The Hall–Kier alpha value is 0.110. The average Bonchev–Trinajstić information content (AvgIpc) is 2.29. The van der Waals surface area contributed by atoms with Crippen LogP contribution in [0.2, 0.25) is 10.0 Å². The molecule has 1 aromatic carbocycles. The summed E-state index contributed by atoms with van der Waals surface area (Å²) in [5, 5.41) is 5.31. The highest BCUT2D eigenvalue weighted by molar-refractivity contribution is 7.99. The van der Waals surface area contributed by atoms with Gasteiger partial charge in [0, 0.05) is 17.8 Å². The van der Waals surface area contributed by atoms with E-state index in [0.29, 0.717) is 21.3 Å². The first-order valence-electron chi connectivity index (χ1n) is 5.25. The summed E-state index contributed by atoms with van der Waals surface area (Å²) in [6.07, 6.45) is 2.12. The highest BCUT2D eigenvalue weighted by atomic mass is 35.5. The van der Waals surface area contributed by atoms with Crippen LogP contribution in [0.1, 0.15) is 25.5 Å². The van der Waals surface area contributed by atoms with Gasteiger partial charge in [0.25, 0.3) is 0 Å². The van der Waals surface area contributed by atoms with Gasteiger partial charge < -0.3 is 5.32 Å². The Labute approximate surface area is 112 Å². The van der Waals surface area contributed by atoms with E-state index in [4.69, 9.17) is 23.2 Å². The van der Waals surface area contributed by atoms with Crippen molar-refractivity contribution < 1.29 is 0 Å². The molecule has 1 rings (SSSR count). The molecule has 90 valence electrons. The van der Waals surface area contributed by atoms with Gasteiger partial charge in [-0.2, -0.15) is 11.8 Å². The van der Waals surface area contributed by atoms with Crippen molar-refractivity contribution in [1.29, 1.82) is 0 Å². The van der Waals surface area contributed by atoms with E-state index in [-0.39, 0.29) is 0 Å². The number of hydrogen-bond acceptors (Lipinski definition) is 2. The molecule has 0 aliphatic heterocycles. The molecule has 0 aromatic heterocycles. The predicted molar refractivity (Wildman–Crippen MR) is 75.9 cm³/mol. The minimum atomic E-state index is 0.296. The normalized spacial score (nSPS) is 14.8. The van der Waals surface area contributed by atoms with Crippen LogP contribution in [0.4, 0.5) is 0 Å². The van der Waals surface area contributed by atoms with Gasteiger partial charge in [0.1, 0.15) is 0 Å². The van der Waals surface area contributed by atoms with Gasteiger partial charge in [-0.3, -0.25) is 0 Å². The molecule has 0 saturated carbocycles. The first kappa shape index (κ1) is 14.2. The van der Waals surface area contributed by atoms with Crippen molar-refractivity contribution in [2.75, 3.05) is 12.8 Å². The Morgan fingerprint density at radius 2 is 1.94 bits per heavy atom. The molecule has 0 fully saturated rings. The van der Waals surface area contributed by atoms with Gasteiger partial charge in [-0.05, 0) is 30.9 Å². The van der Waals surface area contributed by atoms with E-state index in [1.807, 2.05) is 30.0 Å². The lowest BCUT2D eigenvalue weighted by molar-refractivity contribution is 0.576. The fraction of sp³-hybridized carbons (Fsp3) is 0.500. The van der Waals surface area contributed by atoms with E-state index in [1.54, 1.807) is 0 Å². The van der Waals surface area contributed by atoms with Crippen LogP contribution in [0.3, 0.4) is 0 Å². The van der Waals surface area contributed by atoms with Crippen LogP contribution in [-0.2, 0) is 0 Å². The molecule has 16 heavy (non-hydrogen) atoms. The molecule has 1 aromatic rings. The van der Waals surface area contributed by atoms with Crippen LogP contribution in [0.25, 0.3) is 0 Å². The van der Waals surface area contributed by atoms with Crippen molar-refractivity contribution in [3.05, 3.63) is 33.8 Å². The minimum absolute atomic E-state index is 0.296. The van der Waals surface area contributed by atoms with Gasteiger partial charge in [0.2, 0.25) is 0 Å². The monoisotopic (exact) mass is 277 g/mol. The molecule has 0 saturated heterocycles. The molecule has 1 nitrogen and oxygen atoms in total. The van der Waals surface area contributed by atoms with Crippen molar-refractivity contribution in [2.24, 2.45) is 0 Å². The number of hydrogen-bond donors (Lipinski definition) is 1. The van der Waals surface area contributed by atoms with Crippen LogP contribution < -0.4 is 5.32 Å². The summed E-state index contributed by atoms with van der Waals surface area (Å²) < 4.78 is 0. The van der Waals surface area contributed by atoms with Crippen LogP contribution >= 0.6 is 35.0 Å². The summed E-state index contributed by atoms with van der Waals surface area (Å²) in [5.41, 5.74) is 1.17. The zero-order valence-corrected chi connectivity index (χ0v) is 12.1. The molecule has 0 amide bonds. The summed E-state index contributed by atoms with van der Waals surface area (Å²) in [7, 11) is 0. The largest absolute Gasteiger partial charge is 0.309 e. The third-order valence-corrected chi connectivity index (χ3v) is 4.27. The number of rotatable bonds is 5. The molecule has 0 bridgehead atoms. The van der Waals surface area contributed by atoms with E-state index < -0.39 is 0 Å². The molecular weight excluding hydrogens is 261 g/mol. The lowest BCUT2D eigenvalue weighted by Crippen LogP contribution is -2.25. The Morgan fingerprint density at radius 3 is 2.50 bits per heavy atom. The van der Waals surface area contributed by atoms with Crippen molar-refractivity contribution in [3.63, 3.8) is 0 Å². The lowest BCUT2D eigenvalue weighted by atomic mass is 10.1. The topological polar surface area (TPSA) is 12.0 Å². The second-order valence-corrected chi connectivity index (χ2v) is 5.94. The Kier molecular flexibility index (Phi) is 5.98. The molecule has 0 aliphatic carbocycles. The second kappa shape index (κ2) is 6.75. The Balaban J connectivity index is 2.59. The molecule has 0 spiro atoms. The van der Waals surface area contributed by atoms with E-state index in [0.717, 1.165) is 6.54 Å². The number of benzene rings is 1. The average molecular weight is 278 g/mol. The Morgan fingerprint density at radius 1 is 1.25 bits per heavy atom. The number of nitrogens with one attached hydrogen (secondary N) is 1. The van der Waals surface area contributed by atoms with Gasteiger partial charge in [-0.1, -0.05) is 36.2 Å². The third-order valence-electron chi connectivity index (χ3n) is 2.56. The standard InChI is InChI=1S/C12H17Cl2NS/c1-8(16-3)7-15-9(2)10-4-5-11(13)12(14)6-10/h4-6,8-9,15H,7H2,1-3H3. The second-order valence-electron chi connectivity index (χ2n) is 3.85. The van der Waals surface area contributed by atoms with Crippen molar-refractivity contribution in [1.82, 2.24) is 5.32 Å². The molecule has 1 N–H and O–H groups in total. The maximum Gasteiger partial charge on any atom is 0.0595 e. The molecule has 0 radical (unpaired) electrons. The van der Waals surface area contributed by atoms with Gasteiger partial charge >= 0.3 is 0 Å². The van der Waals surface area contributed by atoms with Crippen LogP contribution in [-0.4, -0.2) is 18.1 Å². The van der Waals surface area contributed by atoms with Gasteiger partial charge in [0.15, 0.2) is 0 Å². The highest BCUT2D eigenvalue weighted by Crippen LogP contribution is 2.25. The fourth-order valence-corrected chi connectivity index (χ4v) is 1.90. The molecule has 0 heterocycles. The summed E-state index contributed by atoms with van der Waals surface area (Å²) in [6.45, 7) is 5.33. The van der Waals surface area contributed by atoms with Gasteiger partial charge in [-0.15, -0.1) is 0 Å². The van der Waals surface area contributed by atoms with Crippen LogP contribution in [0, 0.1) is 0 Å². The lowest BCUT2D eigenvalue weighted by Gasteiger charge is -2.17. The molecule has 0 aliphatic rings. The molecular formula is C12H17Cl2NS. The first-order valence-corrected chi connectivity index (χ1v) is 7.30. The quantitative estimate of drug-likeness (QED) is 0.857. The summed E-state index contributed by atoms with van der Waals surface area (Å²) in [6, 6.07) is 6.07. The summed E-state index contributed by atoms with van der Waals surface area (Å²) in [5.74, 6) is 0. The van der Waals surface area contributed by atoms with Gasteiger partial charge in [-0.25, -0.2) is 0 Å². The minimum Gasteiger partial charge on any atom is -0.309 e. The zero-order valence-electron chi connectivity index (χ0n) is 9.76. The van der Waals surface area contributed by atoms with Crippen molar-refractivity contribution in [2.45, 2.75) is 25.1 Å². The van der Waals surface area contributed by atoms with E-state index in [2.05, 4.69) is 25.4 Å². The van der Waals surface area contributed by atoms with Crippen LogP contribution in [0.5, 0.6) is 0 Å². The fourth-order valence-electron chi connectivity index (χ4n) is 1.33. The van der Waals surface area contributed by atoms with Gasteiger partial charge in [0.05, 0.1) is 10.0 Å². The van der Waals surface area contributed by atoms with E-state index in [9.17, 15) is 0 Å². The first-order chi connectivity index (χ1) is 7.54. The van der Waals surface area contributed by atoms with Crippen LogP contribution in [0.15, 0.2) is 18.2 Å². The SMILES string of the molecule is CSC(C)CNC(C)c1ccc(Cl)c(Cl)c1. The smallest absolute Gasteiger partial charge is 0.0595 e.